The lowest BCUT2D eigenvalue weighted by Crippen LogP contribution is -2.30. The van der Waals surface area contributed by atoms with Crippen molar-refractivity contribution in [3.05, 3.63) is 63.9 Å². The van der Waals surface area contributed by atoms with E-state index in [0.29, 0.717) is 17.3 Å². The Labute approximate surface area is 141 Å². The highest BCUT2D eigenvalue weighted by Gasteiger charge is 2.12. The highest BCUT2D eigenvalue weighted by molar-refractivity contribution is 6.34. The van der Waals surface area contributed by atoms with Gasteiger partial charge in [0.05, 0.1) is 17.3 Å². The van der Waals surface area contributed by atoms with Gasteiger partial charge in [0.25, 0.3) is 0 Å². The quantitative estimate of drug-likeness (QED) is 0.890. The zero-order valence-corrected chi connectivity index (χ0v) is 14.2. The zero-order chi connectivity index (χ0) is 17.0. The molecule has 2 aromatic rings. The van der Waals surface area contributed by atoms with Crippen molar-refractivity contribution >= 4 is 23.2 Å². The molecule has 0 aromatic heterocycles. The largest absolute Gasteiger partial charge is 0.323 e. The van der Waals surface area contributed by atoms with Crippen molar-refractivity contribution in [2.75, 3.05) is 18.9 Å². The SMILES string of the molecule is Cc1cc(C)c(NC(=O)CN(C)Cc2cccc(F)c2)c(Cl)c1. The molecule has 3 nitrogen and oxygen atoms in total. The van der Waals surface area contributed by atoms with Crippen LogP contribution in [0.1, 0.15) is 16.7 Å². The summed E-state index contributed by atoms with van der Waals surface area (Å²) < 4.78 is 13.2. The third kappa shape index (κ3) is 5.05. The van der Waals surface area contributed by atoms with Crippen molar-refractivity contribution in [3.63, 3.8) is 0 Å². The summed E-state index contributed by atoms with van der Waals surface area (Å²) >= 11 is 6.19. The van der Waals surface area contributed by atoms with Crippen LogP contribution in [0, 0.1) is 19.7 Å². The predicted molar refractivity (Wildman–Crippen MR) is 92.3 cm³/mol. The average Bonchev–Trinajstić information content (AvgIpc) is 2.42. The molecule has 1 amide bonds. The zero-order valence-electron chi connectivity index (χ0n) is 13.5. The van der Waals surface area contributed by atoms with Gasteiger partial charge in [-0.25, -0.2) is 4.39 Å². The molecule has 1 N–H and O–H groups in total. The standard InChI is InChI=1S/C18H20ClFN2O/c1-12-7-13(2)18(16(19)8-12)21-17(23)11-22(3)10-14-5-4-6-15(20)9-14/h4-9H,10-11H2,1-3H3,(H,21,23). The van der Waals surface area contributed by atoms with Gasteiger partial charge in [0.1, 0.15) is 5.82 Å². The number of benzene rings is 2. The molecule has 0 aliphatic rings. The smallest absolute Gasteiger partial charge is 0.238 e. The van der Waals surface area contributed by atoms with Crippen LogP contribution in [0.5, 0.6) is 0 Å². The van der Waals surface area contributed by atoms with Crippen molar-refractivity contribution in [2.45, 2.75) is 20.4 Å². The first kappa shape index (κ1) is 17.4. The van der Waals surface area contributed by atoms with Gasteiger partial charge in [-0.05, 0) is 55.8 Å². The minimum atomic E-state index is -0.276. The number of nitrogens with one attached hydrogen (secondary N) is 1. The molecule has 0 radical (unpaired) electrons. The lowest BCUT2D eigenvalue weighted by atomic mass is 10.1. The van der Waals surface area contributed by atoms with Gasteiger partial charge < -0.3 is 5.32 Å². The maximum atomic E-state index is 13.2. The van der Waals surface area contributed by atoms with Gasteiger partial charge in [-0.15, -0.1) is 0 Å². The van der Waals surface area contributed by atoms with Gasteiger partial charge >= 0.3 is 0 Å². The molecule has 2 rings (SSSR count). The van der Waals surface area contributed by atoms with Crippen LogP contribution in [0.15, 0.2) is 36.4 Å². The van der Waals surface area contributed by atoms with E-state index >= 15 is 0 Å². The van der Waals surface area contributed by atoms with Crippen LogP contribution in [-0.2, 0) is 11.3 Å². The molecule has 0 aliphatic carbocycles. The molecule has 5 heteroatoms. The minimum absolute atomic E-state index is 0.155. The number of amides is 1. The monoisotopic (exact) mass is 334 g/mol. The Kier molecular flexibility index (Phi) is 5.74. The van der Waals surface area contributed by atoms with Gasteiger partial charge in [-0.3, -0.25) is 9.69 Å². The van der Waals surface area contributed by atoms with E-state index in [4.69, 9.17) is 11.6 Å². The molecule has 0 atom stereocenters. The first-order chi connectivity index (χ1) is 10.8. The first-order valence-electron chi connectivity index (χ1n) is 7.34. The number of halogens is 2. The van der Waals surface area contributed by atoms with E-state index in [1.54, 1.807) is 6.07 Å². The molecule has 0 spiro atoms. The van der Waals surface area contributed by atoms with Crippen LogP contribution in [0.3, 0.4) is 0 Å². The fraction of sp³-hybridized carbons (Fsp3) is 0.278. The molecule has 122 valence electrons. The van der Waals surface area contributed by atoms with E-state index in [2.05, 4.69) is 5.32 Å². The van der Waals surface area contributed by atoms with E-state index < -0.39 is 0 Å². The molecule has 0 fully saturated rings. The fourth-order valence-corrected chi connectivity index (χ4v) is 2.87. The molecule has 23 heavy (non-hydrogen) atoms. The number of hydrogen-bond acceptors (Lipinski definition) is 2. The maximum Gasteiger partial charge on any atom is 0.238 e. The number of anilines is 1. The number of aryl methyl sites for hydroxylation is 2. The van der Waals surface area contributed by atoms with E-state index in [9.17, 15) is 9.18 Å². The van der Waals surface area contributed by atoms with Crippen LogP contribution in [0.2, 0.25) is 5.02 Å². The average molecular weight is 335 g/mol. The molecule has 2 aromatic carbocycles. The number of nitrogens with zero attached hydrogens (tertiary/aromatic N) is 1. The van der Waals surface area contributed by atoms with Gasteiger partial charge in [-0.1, -0.05) is 29.8 Å². The van der Waals surface area contributed by atoms with Crippen molar-refractivity contribution in [1.82, 2.24) is 4.90 Å². The third-order valence-electron chi connectivity index (χ3n) is 3.45. The third-order valence-corrected chi connectivity index (χ3v) is 3.75. The Morgan fingerprint density at radius 1 is 1.26 bits per heavy atom. The lowest BCUT2D eigenvalue weighted by Gasteiger charge is -2.18. The van der Waals surface area contributed by atoms with Crippen molar-refractivity contribution in [1.29, 1.82) is 0 Å². The Bertz CT molecular complexity index is 695. The van der Waals surface area contributed by atoms with Crippen molar-refractivity contribution in [2.24, 2.45) is 0 Å². The summed E-state index contributed by atoms with van der Waals surface area (Å²) in [6, 6.07) is 10.2. The molecule has 0 saturated heterocycles. The number of rotatable bonds is 5. The van der Waals surface area contributed by atoms with Gasteiger partial charge in [-0.2, -0.15) is 0 Å². The second kappa shape index (κ2) is 7.57. The first-order valence-corrected chi connectivity index (χ1v) is 7.72. The van der Waals surface area contributed by atoms with Gasteiger partial charge in [0, 0.05) is 6.54 Å². The summed E-state index contributed by atoms with van der Waals surface area (Å²) in [5, 5.41) is 3.38. The predicted octanol–water partition coefficient (Wildman–Crippen LogP) is 4.17. The maximum absolute atomic E-state index is 13.2. The molecule has 0 unspecified atom stereocenters. The highest BCUT2D eigenvalue weighted by Crippen LogP contribution is 2.27. The number of carbonyl (C=O) groups is 1. The van der Waals surface area contributed by atoms with E-state index in [-0.39, 0.29) is 18.3 Å². The van der Waals surface area contributed by atoms with E-state index in [0.717, 1.165) is 16.7 Å². The van der Waals surface area contributed by atoms with Crippen LogP contribution >= 0.6 is 11.6 Å². The minimum Gasteiger partial charge on any atom is -0.323 e. The Morgan fingerprint density at radius 3 is 2.65 bits per heavy atom. The summed E-state index contributed by atoms with van der Waals surface area (Å²) in [6.07, 6.45) is 0. The molecule has 0 bridgehead atoms. The van der Waals surface area contributed by atoms with Crippen molar-refractivity contribution in [3.8, 4) is 0 Å². The van der Waals surface area contributed by atoms with Gasteiger partial charge in [0.15, 0.2) is 0 Å². The van der Waals surface area contributed by atoms with Crippen molar-refractivity contribution < 1.29 is 9.18 Å². The van der Waals surface area contributed by atoms with E-state index in [1.807, 2.05) is 44.0 Å². The number of carbonyl (C=O) groups excluding carboxylic acids is 1. The number of hydrogen-bond donors (Lipinski definition) is 1. The second-order valence-electron chi connectivity index (χ2n) is 5.79. The number of likely N-dealkylation sites (N-methyl/N-ethyl adjacent to an activating group) is 1. The molecule has 0 aliphatic heterocycles. The van der Waals surface area contributed by atoms with Crippen LogP contribution in [-0.4, -0.2) is 24.4 Å². The molecular weight excluding hydrogens is 315 g/mol. The van der Waals surface area contributed by atoms with E-state index in [1.165, 1.54) is 12.1 Å². The second-order valence-corrected chi connectivity index (χ2v) is 6.20. The molecule has 0 saturated carbocycles. The molecular formula is C18H20ClFN2O. The summed E-state index contributed by atoms with van der Waals surface area (Å²) in [7, 11) is 1.81. The Balaban J connectivity index is 1.97. The topological polar surface area (TPSA) is 32.3 Å². The summed E-state index contributed by atoms with van der Waals surface area (Å²) in [5.41, 5.74) is 3.44. The fourth-order valence-electron chi connectivity index (χ4n) is 2.50. The molecule has 0 heterocycles. The van der Waals surface area contributed by atoms with Crippen LogP contribution in [0.4, 0.5) is 10.1 Å². The lowest BCUT2D eigenvalue weighted by molar-refractivity contribution is -0.117. The Hall–Kier alpha value is -1.91. The van der Waals surface area contributed by atoms with Crippen LogP contribution < -0.4 is 5.32 Å². The highest BCUT2D eigenvalue weighted by atomic mass is 35.5. The van der Waals surface area contributed by atoms with Gasteiger partial charge in [0.2, 0.25) is 5.91 Å². The summed E-state index contributed by atoms with van der Waals surface area (Å²) in [5.74, 6) is -0.430. The summed E-state index contributed by atoms with van der Waals surface area (Å²) in [4.78, 5) is 14.0. The normalized spacial score (nSPS) is 10.9. The van der Waals surface area contributed by atoms with Crippen LogP contribution in [0.25, 0.3) is 0 Å². The Morgan fingerprint density at radius 2 is 2.00 bits per heavy atom. The summed E-state index contributed by atoms with van der Waals surface area (Å²) in [6.45, 7) is 4.55.